The minimum atomic E-state index is 1.13. The van der Waals surface area contributed by atoms with E-state index in [0.29, 0.717) is 0 Å². The van der Waals surface area contributed by atoms with Gasteiger partial charge >= 0.3 is 0 Å². The van der Waals surface area contributed by atoms with Gasteiger partial charge in [0.25, 0.3) is 0 Å². The summed E-state index contributed by atoms with van der Waals surface area (Å²) < 4.78 is 0. The highest BCUT2D eigenvalue weighted by atomic mass is 32.2. The van der Waals surface area contributed by atoms with E-state index in [0.717, 1.165) is 11.8 Å². The quantitative estimate of drug-likeness (QED) is 0.501. The number of hydrogen-bond acceptors (Lipinski definition) is 1. The van der Waals surface area contributed by atoms with Gasteiger partial charge in [0, 0.05) is 0 Å². The minimum Gasteiger partial charge on any atom is -0.161 e. The molecular formula is C8H14S. The molecule has 9 heavy (non-hydrogen) atoms. The molecule has 0 N–H and O–H groups in total. The van der Waals surface area contributed by atoms with Crippen molar-refractivity contribution in [1.29, 1.82) is 0 Å². The molecule has 0 radical (unpaired) electrons. The van der Waals surface area contributed by atoms with Gasteiger partial charge in [-0.25, -0.2) is 0 Å². The van der Waals surface area contributed by atoms with Crippen LogP contribution >= 0.6 is 11.8 Å². The van der Waals surface area contributed by atoms with E-state index in [1.54, 1.807) is 0 Å². The molecule has 1 aliphatic carbocycles. The van der Waals surface area contributed by atoms with Gasteiger partial charge in [-0.2, -0.15) is 11.8 Å². The van der Waals surface area contributed by atoms with Crippen molar-refractivity contribution < 1.29 is 0 Å². The van der Waals surface area contributed by atoms with Crippen molar-refractivity contribution in [3.8, 4) is 0 Å². The summed E-state index contributed by atoms with van der Waals surface area (Å²) in [5.41, 5.74) is 0. The van der Waals surface area contributed by atoms with Crippen LogP contribution in [0.3, 0.4) is 0 Å². The number of fused-ring (bicyclic) bond motifs is 1. The van der Waals surface area contributed by atoms with E-state index in [4.69, 9.17) is 0 Å². The van der Waals surface area contributed by atoms with Crippen LogP contribution in [0.25, 0.3) is 0 Å². The summed E-state index contributed by atoms with van der Waals surface area (Å²) in [6, 6.07) is 0. The third-order valence-corrected chi connectivity index (χ3v) is 4.06. The maximum absolute atomic E-state index is 2.18. The van der Waals surface area contributed by atoms with E-state index < -0.39 is 0 Å². The third kappa shape index (κ3) is 1.12. The summed E-state index contributed by atoms with van der Waals surface area (Å²) in [4.78, 5) is 0. The Hall–Kier alpha value is 0.350. The van der Waals surface area contributed by atoms with Gasteiger partial charge in [-0.3, -0.25) is 0 Å². The molecule has 2 aliphatic rings. The van der Waals surface area contributed by atoms with E-state index in [9.17, 15) is 0 Å². The SMILES string of the molecule is C1CC[C@H]2CSC[C@@H]2C1. The van der Waals surface area contributed by atoms with E-state index in [-0.39, 0.29) is 0 Å². The Morgan fingerprint density at radius 1 is 0.889 bits per heavy atom. The van der Waals surface area contributed by atoms with Gasteiger partial charge in [-0.15, -0.1) is 0 Å². The molecule has 0 nitrogen and oxygen atoms in total. The largest absolute Gasteiger partial charge is 0.161 e. The number of hydrogen-bond donors (Lipinski definition) is 0. The van der Waals surface area contributed by atoms with Crippen molar-refractivity contribution in [2.45, 2.75) is 25.7 Å². The summed E-state index contributed by atoms with van der Waals surface area (Å²) >= 11 is 2.18. The van der Waals surface area contributed by atoms with Crippen LogP contribution in [0.15, 0.2) is 0 Å². The fourth-order valence-electron chi connectivity index (χ4n) is 2.09. The maximum atomic E-state index is 2.18. The summed E-state index contributed by atoms with van der Waals surface area (Å²) in [7, 11) is 0. The minimum absolute atomic E-state index is 1.13. The Bertz CT molecular complexity index is 88.7. The molecule has 0 bridgehead atoms. The molecule has 0 unspecified atom stereocenters. The normalized spacial score (nSPS) is 42.7. The first-order valence-corrected chi connectivity index (χ1v) is 5.20. The molecule has 0 aromatic carbocycles. The smallest absolute Gasteiger partial charge is 0.00361 e. The van der Waals surface area contributed by atoms with E-state index in [1.807, 2.05) is 0 Å². The zero-order chi connectivity index (χ0) is 6.10. The van der Waals surface area contributed by atoms with Gasteiger partial charge in [-0.1, -0.05) is 12.8 Å². The van der Waals surface area contributed by atoms with Gasteiger partial charge in [0.05, 0.1) is 0 Å². The van der Waals surface area contributed by atoms with Crippen LogP contribution in [0.2, 0.25) is 0 Å². The summed E-state index contributed by atoms with van der Waals surface area (Å²) in [5, 5.41) is 0. The fraction of sp³-hybridized carbons (Fsp3) is 1.00. The highest BCUT2D eigenvalue weighted by molar-refractivity contribution is 7.99. The molecule has 1 heteroatoms. The standard InChI is InChI=1S/C8H14S/c1-2-4-8-6-9-5-7(8)3-1/h7-8H,1-6H2/t7-,8-/m0/s1. The molecule has 52 valence electrons. The fourth-order valence-corrected chi connectivity index (χ4v) is 3.71. The lowest BCUT2D eigenvalue weighted by Crippen LogP contribution is -2.16. The van der Waals surface area contributed by atoms with Crippen molar-refractivity contribution in [2.24, 2.45) is 11.8 Å². The van der Waals surface area contributed by atoms with Crippen molar-refractivity contribution in [3.63, 3.8) is 0 Å². The molecule has 2 rings (SSSR count). The van der Waals surface area contributed by atoms with E-state index in [2.05, 4.69) is 11.8 Å². The second kappa shape index (κ2) is 2.53. The zero-order valence-electron chi connectivity index (χ0n) is 5.81. The van der Waals surface area contributed by atoms with Gasteiger partial charge in [-0.05, 0) is 36.2 Å². The van der Waals surface area contributed by atoms with E-state index >= 15 is 0 Å². The van der Waals surface area contributed by atoms with Crippen molar-refractivity contribution in [1.82, 2.24) is 0 Å². The van der Waals surface area contributed by atoms with Gasteiger partial charge in [0.1, 0.15) is 0 Å². The summed E-state index contributed by atoms with van der Waals surface area (Å²) in [5.74, 6) is 5.21. The molecule has 0 aromatic rings. The third-order valence-electron chi connectivity index (χ3n) is 2.73. The van der Waals surface area contributed by atoms with Gasteiger partial charge in [0.15, 0.2) is 0 Å². The Balaban J connectivity index is 1.97. The molecule has 0 spiro atoms. The Morgan fingerprint density at radius 2 is 1.44 bits per heavy atom. The maximum Gasteiger partial charge on any atom is -0.00361 e. The van der Waals surface area contributed by atoms with Crippen LogP contribution < -0.4 is 0 Å². The highest BCUT2D eigenvalue weighted by Gasteiger charge is 2.29. The molecule has 0 aromatic heterocycles. The van der Waals surface area contributed by atoms with Crippen LogP contribution in [-0.4, -0.2) is 11.5 Å². The molecule has 1 heterocycles. The molecule has 1 saturated heterocycles. The summed E-state index contributed by atoms with van der Waals surface area (Å²) in [6.07, 6.45) is 6.11. The Morgan fingerprint density at radius 3 is 2.00 bits per heavy atom. The van der Waals surface area contributed by atoms with Crippen molar-refractivity contribution in [2.75, 3.05) is 11.5 Å². The molecule has 1 saturated carbocycles. The first kappa shape index (κ1) is 6.09. The highest BCUT2D eigenvalue weighted by Crippen LogP contribution is 2.39. The first-order chi connectivity index (χ1) is 4.47. The molecule has 2 fully saturated rings. The Kier molecular flexibility index (Phi) is 1.71. The molecule has 1 aliphatic heterocycles. The monoisotopic (exact) mass is 142 g/mol. The second-order valence-corrected chi connectivity index (χ2v) is 4.42. The second-order valence-electron chi connectivity index (χ2n) is 3.34. The van der Waals surface area contributed by atoms with Crippen molar-refractivity contribution >= 4 is 11.8 Å². The van der Waals surface area contributed by atoms with Crippen LogP contribution in [0.5, 0.6) is 0 Å². The van der Waals surface area contributed by atoms with Crippen LogP contribution in [0.1, 0.15) is 25.7 Å². The molecule has 2 atom stereocenters. The molecular weight excluding hydrogens is 128 g/mol. The first-order valence-electron chi connectivity index (χ1n) is 4.04. The summed E-state index contributed by atoms with van der Waals surface area (Å²) in [6.45, 7) is 0. The van der Waals surface area contributed by atoms with E-state index in [1.165, 1.54) is 37.2 Å². The topological polar surface area (TPSA) is 0 Å². The van der Waals surface area contributed by atoms with Crippen LogP contribution in [0, 0.1) is 11.8 Å². The average molecular weight is 142 g/mol. The van der Waals surface area contributed by atoms with Gasteiger partial charge < -0.3 is 0 Å². The zero-order valence-corrected chi connectivity index (χ0v) is 6.62. The molecule has 0 amide bonds. The van der Waals surface area contributed by atoms with Crippen LogP contribution in [0.4, 0.5) is 0 Å². The lowest BCUT2D eigenvalue weighted by Gasteiger charge is -2.23. The average Bonchev–Trinajstić information content (AvgIpc) is 2.33. The number of thioether (sulfide) groups is 1. The van der Waals surface area contributed by atoms with Gasteiger partial charge in [0.2, 0.25) is 0 Å². The Labute approximate surface area is 61.4 Å². The lowest BCUT2D eigenvalue weighted by molar-refractivity contribution is 0.299. The lowest BCUT2D eigenvalue weighted by atomic mass is 9.82. The predicted molar refractivity (Wildman–Crippen MR) is 42.8 cm³/mol. The predicted octanol–water partition coefficient (Wildman–Crippen LogP) is 2.54. The van der Waals surface area contributed by atoms with Crippen LogP contribution in [-0.2, 0) is 0 Å². The number of rotatable bonds is 0. The van der Waals surface area contributed by atoms with Crippen molar-refractivity contribution in [3.05, 3.63) is 0 Å².